The molecule has 9 heteroatoms. The monoisotopic (exact) mass is 527 g/mol. The molecule has 0 aliphatic carbocycles. The van der Waals surface area contributed by atoms with Crippen LogP contribution in [-0.4, -0.2) is 54.0 Å². The van der Waals surface area contributed by atoms with E-state index in [0.717, 1.165) is 17.5 Å². The van der Waals surface area contributed by atoms with E-state index in [2.05, 4.69) is 19.5 Å². The number of carbonyl (C=O) groups excluding carboxylic acids is 1. The fourth-order valence-electron chi connectivity index (χ4n) is 4.83. The fraction of sp³-hybridized carbons (Fsp3) is 0.379. The van der Waals surface area contributed by atoms with E-state index in [-0.39, 0.29) is 17.9 Å². The van der Waals surface area contributed by atoms with Crippen molar-refractivity contribution in [2.45, 2.75) is 52.2 Å². The maximum Gasteiger partial charge on any atom is 0.573 e. The standard InChI is InChI=1S/C29H32F3N3O3/c1-4-34(18-22-12-8-9-13-25(22)38-29(30,31)32)23-15-17-35(19-23)27-26(28(36)37-20(2)3)24(14-16-33-27)21-10-6-5-7-11-21/h5-14,16,20,23H,4,15,17-19H2,1-3H3/t23-/m1/s1. The van der Waals surface area contributed by atoms with E-state index < -0.39 is 12.3 Å². The third-order valence-corrected chi connectivity index (χ3v) is 6.52. The van der Waals surface area contributed by atoms with Crippen molar-refractivity contribution in [3.05, 3.63) is 78.0 Å². The number of likely N-dealkylation sites (N-methyl/N-ethyl adjacent to an activating group) is 1. The molecule has 1 fully saturated rings. The van der Waals surface area contributed by atoms with E-state index in [9.17, 15) is 18.0 Å². The van der Waals surface area contributed by atoms with Crippen LogP contribution < -0.4 is 9.64 Å². The van der Waals surface area contributed by atoms with Crippen molar-refractivity contribution in [3.63, 3.8) is 0 Å². The van der Waals surface area contributed by atoms with Crippen LogP contribution in [0.1, 0.15) is 43.1 Å². The first-order valence-corrected chi connectivity index (χ1v) is 12.7. The van der Waals surface area contributed by atoms with Gasteiger partial charge in [-0.05, 0) is 44.5 Å². The van der Waals surface area contributed by atoms with Gasteiger partial charge in [0.25, 0.3) is 0 Å². The minimum Gasteiger partial charge on any atom is -0.459 e. The maximum absolute atomic E-state index is 13.3. The van der Waals surface area contributed by atoms with Gasteiger partial charge in [-0.1, -0.05) is 55.5 Å². The zero-order valence-electron chi connectivity index (χ0n) is 21.7. The van der Waals surface area contributed by atoms with Crippen LogP contribution in [0.4, 0.5) is 19.0 Å². The van der Waals surface area contributed by atoms with Gasteiger partial charge in [0.05, 0.1) is 6.10 Å². The maximum atomic E-state index is 13.3. The number of rotatable bonds is 9. The van der Waals surface area contributed by atoms with Crippen LogP contribution in [0, 0.1) is 0 Å². The number of ether oxygens (including phenoxy) is 2. The van der Waals surface area contributed by atoms with Gasteiger partial charge in [0.1, 0.15) is 17.1 Å². The van der Waals surface area contributed by atoms with Crippen molar-refractivity contribution in [2.24, 2.45) is 0 Å². The summed E-state index contributed by atoms with van der Waals surface area (Å²) in [6.07, 6.45) is -2.58. The topological polar surface area (TPSA) is 54.9 Å². The van der Waals surface area contributed by atoms with Gasteiger partial charge >= 0.3 is 12.3 Å². The molecule has 6 nitrogen and oxygen atoms in total. The Morgan fingerprint density at radius 2 is 1.82 bits per heavy atom. The average molecular weight is 528 g/mol. The van der Waals surface area contributed by atoms with Gasteiger partial charge in [-0.15, -0.1) is 13.2 Å². The molecule has 0 unspecified atom stereocenters. The van der Waals surface area contributed by atoms with Gasteiger partial charge in [-0.25, -0.2) is 9.78 Å². The number of benzene rings is 2. The predicted molar refractivity (Wildman–Crippen MR) is 140 cm³/mol. The normalized spacial score (nSPS) is 15.8. The number of hydrogen-bond acceptors (Lipinski definition) is 6. The van der Waals surface area contributed by atoms with Crippen molar-refractivity contribution in [1.29, 1.82) is 0 Å². The number of hydrogen-bond donors (Lipinski definition) is 0. The molecule has 0 N–H and O–H groups in total. The highest BCUT2D eigenvalue weighted by molar-refractivity contribution is 6.02. The molecule has 4 rings (SSSR count). The lowest BCUT2D eigenvalue weighted by atomic mass is 10.0. The van der Waals surface area contributed by atoms with Crippen LogP contribution in [0.25, 0.3) is 11.1 Å². The molecule has 0 spiro atoms. The molecule has 202 valence electrons. The summed E-state index contributed by atoms with van der Waals surface area (Å²) in [6, 6.07) is 17.7. The molecule has 1 aliphatic rings. The highest BCUT2D eigenvalue weighted by atomic mass is 19.4. The lowest BCUT2D eigenvalue weighted by Gasteiger charge is -2.29. The fourth-order valence-corrected chi connectivity index (χ4v) is 4.83. The van der Waals surface area contributed by atoms with Crippen LogP contribution in [0.3, 0.4) is 0 Å². The number of alkyl halides is 3. The first kappa shape index (κ1) is 27.4. The third kappa shape index (κ3) is 6.64. The van der Waals surface area contributed by atoms with Crippen LogP contribution in [-0.2, 0) is 11.3 Å². The first-order chi connectivity index (χ1) is 18.2. The molecule has 3 aromatic rings. The number of halogens is 3. The predicted octanol–water partition coefficient (Wildman–Crippen LogP) is 6.31. The zero-order chi connectivity index (χ0) is 27.3. The summed E-state index contributed by atoms with van der Waals surface area (Å²) in [4.78, 5) is 22.1. The van der Waals surface area contributed by atoms with Crippen molar-refractivity contribution in [1.82, 2.24) is 9.88 Å². The van der Waals surface area contributed by atoms with E-state index in [4.69, 9.17) is 4.74 Å². The molecule has 0 radical (unpaired) electrons. The molecular weight excluding hydrogens is 495 g/mol. The molecule has 1 aliphatic heterocycles. The Morgan fingerprint density at radius 1 is 1.11 bits per heavy atom. The zero-order valence-corrected chi connectivity index (χ0v) is 21.7. The van der Waals surface area contributed by atoms with Gasteiger partial charge in [0, 0.05) is 43.0 Å². The quantitative estimate of drug-likeness (QED) is 0.304. The molecule has 1 saturated heterocycles. The van der Waals surface area contributed by atoms with Gasteiger partial charge < -0.3 is 14.4 Å². The van der Waals surface area contributed by atoms with Gasteiger partial charge in [0.2, 0.25) is 0 Å². The minimum atomic E-state index is -4.76. The van der Waals surface area contributed by atoms with Crippen LogP contribution >= 0.6 is 0 Å². The Bertz CT molecular complexity index is 1230. The van der Waals surface area contributed by atoms with Crippen LogP contribution in [0.5, 0.6) is 5.75 Å². The summed E-state index contributed by atoms with van der Waals surface area (Å²) >= 11 is 0. The summed E-state index contributed by atoms with van der Waals surface area (Å²) in [6.45, 7) is 7.76. The largest absolute Gasteiger partial charge is 0.573 e. The van der Waals surface area contributed by atoms with Crippen molar-refractivity contribution in [3.8, 4) is 16.9 Å². The third-order valence-electron chi connectivity index (χ3n) is 6.52. The van der Waals surface area contributed by atoms with Crippen LogP contribution in [0.2, 0.25) is 0 Å². The summed E-state index contributed by atoms with van der Waals surface area (Å²) in [5, 5.41) is 0. The lowest BCUT2D eigenvalue weighted by Crippen LogP contribution is -2.37. The van der Waals surface area contributed by atoms with Crippen LogP contribution in [0.15, 0.2) is 66.9 Å². The van der Waals surface area contributed by atoms with Crippen molar-refractivity contribution >= 4 is 11.8 Å². The van der Waals surface area contributed by atoms with Gasteiger partial charge in [-0.3, -0.25) is 4.90 Å². The van der Waals surface area contributed by atoms with E-state index in [1.54, 1.807) is 18.3 Å². The summed E-state index contributed by atoms with van der Waals surface area (Å²) in [7, 11) is 0. The first-order valence-electron chi connectivity index (χ1n) is 12.7. The average Bonchev–Trinajstić information content (AvgIpc) is 3.37. The minimum absolute atomic E-state index is 0.0510. The van der Waals surface area contributed by atoms with Gasteiger partial charge in [-0.2, -0.15) is 0 Å². The number of pyridine rings is 1. The second-order valence-corrected chi connectivity index (χ2v) is 9.48. The molecule has 1 atom stereocenters. The smallest absolute Gasteiger partial charge is 0.459 e. The Labute approximate surface area is 221 Å². The molecule has 2 aromatic carbocycles. The highest BCUT2D eigenvalue weighted by Gasteiger charge is 2.34. The van der Waals surface area contributed by atoms with Crippen molar-refractivity contribution in [2.75, 3.05) is 24.5 Å². The number of esters is 1. The van der Waals surface area contributed by atoms with E-state index in [0.29, 0.717) is 43.1 Å². The highest BCUT2D eigenvalue weighted by Crippen LogP contribution is 2.34. The van der Waals surface area contributed by atoms with Gasteiger partial charge in [0.15, 0.2) is 0 Å². The van der Waals surface area contributed by atoms with Crippen molar-refractivity contribution < 1.29 is 27.4 Å². The Hall–Kier alpha value is -3.59. The second-order valence-electron chi connectivity index (χ2n) is 9.48. The number of para-hydroxylation sites is 1. The van der Waals surface area contributed by atoms with E-state index in [1.165, 1.54) is 12.1 Å². The molecule has 1 aromatic heterocycles. The molecular formula is C29H32F3N3O3. The molecule has 38 heavy (non-hydrogen) atoms. The molecule has 0 bridgehead atoms. The summed E-state index contributed by atoms with van der Waals surface area (Å²) in [5.74, 6) is -0.0726. The number of anilines is 1. The molecule has 0 saturated carbocycles. The lowest BCUT2D eigenvalue weighted by molar-refractivity contribution is -0.275. The summed E-state index contributed by atoms with van der Waals surface area (Å²) in [5.41, 5.74) is 2.52. The van der Waals surface area contributed by atoms with E-state index >= 15 is 0 Å². The Balaban J connectivity index is 1.60. The molecule has 0 amide bonds. The second kappa shape index (κ2) is 11.9. The Kier molecular flexibility index (Phi) is 8.56. The number of carbonyl (C=O) groups is 1. The SMILES string of the molecule is CCN(Cc1ccccc1OC(F)(F)F)[C@@H]1CCN(c2nccc(-c3ccccc3)c2C(=O)OC(C)C)C1. The Morgan fingerprint density at radius 3 is 2.50 bits per heavy atom. The number of aromatic nitrogens is 1. The number of nitrogens with zero attached hydrogens (tertiary/aromatic N) is 3. The van der Waals surface area contributed by atoms with E-state index in [1.807, 2.05) is 57.2 Å². The molecule has 2 heterocycles. The summed E-state index contributed by atoms with van der Waals surface area (Å²) < 4.78 is 48.7.